The Morgan fingerprint density at radius 2 is 2.39 bits per heavy atom. The summed E-state index contributed by atoms with van der Waals surface area (Å²) in [7, 11) is 0. The summed E-state index contributed by atoms with van der Waals surface area (Å²) in [5.41, 5.74) is 1.17. The fourth-order valence-corrected chi connectivity index (χ4v) is 2.34. The molecule has 1 aliphatic rings. The van der Waals surface area contributed by atoms with Crippen LogP contribution in [0.15, 0.2) is 6.07 Å². The van der Waals surface area contributed by atoms with Crippen LogP contribution < -0.4 is 5.32 Å². The molecule has 5 nitrogen and oxygen atoms in total. The van der Waals surface area contributed by atoms with Crippen LogP contribution in [-0.2, 0) is 6.54 Å². The third-order valence-electron chi connectivity index (χ3n) is 3.27. The molecule has 18 heavy (non-hydrogen) atoms. The summed E-state index contributed by atoms with van der Waals surface area (Å²) in [6.07, 6.45) is 3.27. The topological polar surface area (TPSA) is 67.2 Å². The van der Waals surface area contributed by atoms with Crippen molar-refractivity contribution in [2.45, 2.75) is 45.7 Å². The molecule has 0 bridgehead atoms. The number of rotatable bonds is 4. The van der Waals surface area contributed by atoms with E-state index >= 15 is 0 Å². The Bertz CT molecular complexity index is 426. The number of carboxylic acid groups (broad SMARTS) is 1. The minimum atomic E-state index is -0.946. The summed E-state index contributed by atoms with van der Waals surface area (Å²) >= 11 is 0. The highest BCUT2D eigenvalue weighted by Crippen LogP contribution is 2.25. The summed E-state index contributed by atoms with van der Waals surface area (Å²) in [5, 5.41) is 16.7. The Labute approximate surface area is 107 Å². The molecule has 0 spiro atoms. The molecule has 0 saturated carbocycles. The minimum Gasteiger partial charge on any atom is -0.476 e. The van der Waals surface area contributed by atoms with E-state index in [9.17, 15) is 4.79 Å². The highest BCUT2D eigenvalue weighted by Gasteiger charge is 2.22. The highest BCUT2D eigenvalue weighted by molar-refractivity contribution is 5.85. The van der Waals surface area contributed by atoms with Crippen molar-refractivity contribution in [3.8, 4) is 0 Å². The summed E-state index contributed by atoms with van der Waals surface area (Å²) in [6.45, 7) is 6.11. The molecular weight excluding hydrogens is 230 g/mol. The number of carbonyl (C=O) groups is 1. The molecule has 1 atom stereocenters. The first-order valence-electron chi connectivity index (χ1n) is 6.62. The van der Waals surface area contributed by atoms with Crippen molar-refractivity contribution in [1.29, 1.82) is 0 Å². The summed E-state index contributed by atoms with van der Waals surface area (Å²) in [5.74, 6) is -0.359. The maximum Gasteiger partial charge on any atom is 0.356 e. The third-order valence-corrected chi connectivity index (χ3v) is 3.27. The Morgan fingerprint density at radius 3 is 3.06 bits per heavy atom. The molecule has 1 unspecified atom stereocenters. The Balaban J connectivity index is 2.20. The molecule has 2 rings (SSSR count). The monoisotopic (exact) mass is 251 g/mol. The van der Waals surface area contributed by atoms with Gasteiger partial charge in [0, 0.05) is 12.6 Å². The second kappa shape index (κ2) is 5.52. The van der Waals surface area contributed by atoms with Crippen LogP contribution in [0.4, 0.5) is 0 Å². The lowest BCUT2D eigenvalue weighted by molar-refractivity contribution is 0.0689. The third kappa shape index (κ3) is 2.90. The first-order valence-corrected chi connectivity index (χ1v) is 6.62. The second-order valence-electron chi connectivity index (χ2n) is 5.33. The van der Waals surface area contributed by atoms with E-state index in [0.29, 0.717) is 5.92 Å². The van der Waals surface area contributed by atoms with E-state index in [1.807, 2.05) is 4.68 Å². The SMILES string of the molecule is CC(C)CNC1CCCCn2nc(C(=O)O)cc21. The largest absolute Gasteiger partial charge is 0.476 e. The second-order valence-corrected chi connectivity index (χ2v) is 5.33. The van der Waals surface area contributed by atoms with Gasteiger partial charge in [0.25, 0.3) is 0 Å². The number of aromatic nitrogens is 2. The molecule has 0 saturated heterocycles. The molecule has 5 heteroatoms. The standard InChI is InChI=1S/C13H21N3O2/c1-9(2)8-14-10-5-3-4-6-16-12(10)7-11(15-16)13(17)18/h7,9-10,14H,3-6,8H2,1-2H3,(H,17,18). The van der Waals surface area contributed by atoms with Gasteiger partial charge in [-0.3, -0.25) is 4.68 Å². The first kappa shape index (κ1) is 13.1. The summed E-state index contributed by atoms with van der Waals surface area (Å²) < 4.78 is 1.86. The molecule has 0 aliphatic carbocycles. The maximum atomic E-state index is 11.0. The molecule has 100 valence electrons. The lowest BCUT2D eigenvalue weighted by Crippen LogP contribution is -2.26. The van der Waals surface area contributed by atoms with Gasteiger partial charge >= 0.3 is 5.97 Å². The molecule has 1 aliphatic heterocycles. The van der Waals surface area contributed by atoms with E-state index in [1.54, 1.807) is 6.07 Å². The van der Waals surface area contributed by atoms with Crippen molar-refractivity contribution in [2.75, 3.05) is 6.54 Å². The van der Waals surface area contributed by atoms with Gasteiger partial charge in [-0.15, -0.1) is 0 Å². The molecule has 0 aromatic carbocycles. The minimum absolute atomic E-state index is 0.156. The van der Waals surface area contributed by atoms with Crippen LogP contribution in [0.1, 0.15) is 55.3 Å². The van der Waals surface area contributed by atoms with Crippen LogP contribution in [0.25, 0.3) is 0 Å². The van der Waals surface area contributed by atoms with Gasteiger partial charge in [0.05, 0.1) is 5.69 Å². The number of hydrogen-bond donors (Lipinski definition) is 2. The lowest BCUT2D eigenvalue weighted by Gasteiger charge is -2.18. The van der Waals surface area contributed by atoms with Gasteiger partial charge in [-0.25, -0.2) is 4.79 Å². The molecule has 0 radical (unpaired) electrons. The number of nitrogens with zero attached hydrogens (tertiary/aromatic N) is 2. The summed E-state index contributed by atoms with van der Waals surface area (Å²) in [4.78, 5) is 11.0. The molecule has 1 aromatic heterocycles. The van der Waals surface area contributed by atoms with Crippen LogP contribution in [0, 0.1) is 5.92 Å². The average molecular weight is 251 g/mol. The van der Waals surface area contributed by atoms with Crippen LogP contribution in [0.2, 0.25) is 0 Å². The maximum absolute atomic E-state index is 11.0. The van der Waals surface area contributed by atoms with Crippen molar-refractivity contribution in [3.05, 3.63) is 17.5 Å². The van der Waals surface area contributed by atoms with E-state index in [4.69, 9.17) is 5.11 Å². The zero-order valence-corrected chi connectivity index (χ0v) is 11.0. The Kier molecular flexibility index (Phi) is 4.01. The molecular formula is C13H21N3O2. The van der Waals surface area contributed by atoms with Crippen molar-refractivity contribution in [2.24, 2.45) is 5.92 Å². The van der Waals surface area contributed by atoms with Gasteiger partial charge in [-0.2, -0.15) is 5.10 Å². The van der Waals surface area contributed by atoms with Crippen molar-refractivity contribution in [1.82, 2.24) is 15.1 Å². The number of carboxylic acids is 1. The zero-order chi connectivity index (χ0) is 13.1. The van der Waals surface area contributed by atoms with E-state index in [1.165, 1.54) is 0 Å². The van der Waals surface area contributed by atoms with Crippen LogP contribution in [-0.4, -0.2) is 27.4 Å². The van der Waals surface area contributed by atoms with Crippen LogP contribution >= 0.6 is 0 Å². The van der Waals surface area contributed by atoms with E-state index in [-0.39, 0.29) is 11.7 Å². The highest BCUT2D eigenvalue weighted by atomic mass is 16.4. The van der Waals surface area contributed by atoms with E-state index in [0.717, 1.165) is 38.0 Å². The van der Waals surface area contributed by atoms with E-state index < -0.39 is 5.97 Å². The van der Waals surface area contributed by atoms with Gasteiger partial charge in [-0.1, -0.05) is 13.8 Å². The molecule has 1 aromatic rings. The number of fused-ring (bicyclic) bond motifs is 1. The van der Waals surface area contributed by atoms with Crippen molar-refractivity contribution in [3.63, 3.8) is 0 Å². The Hall–Kier alpha value is -1.36. The van der Waals surface area contributed by atoms with Crippen molar-refractivity contribution >= 4 is 5.97 Å². The smallest absolute Gasteiger partial charge is 0.356 e. The van der Waals surface area contributed by atoms with Gasteiger partial charge in [0.15, 0.2) is 5.69 Å². The molecule has 0 amide bonds. The molecule has 0 fully saturated rings. The number of hydrogen-bond acceptors (Lipinski definition) is 3. The Morgan fingerprint density at radius 1 is 1.61 bits per heavy atom. The predicted molar refractivity (Wildman–Crippen MR) is 68.6 cm³/mol. The number of aryl methyl sites for hydroxylation is 1. The summed E-state index contributed by atoms with van der Waals surface area (Å²) in [6, 6.07) is 1.95. The van der Waals surface area contributed by atoms with Crippen LogP contribution in [0.3, 0.4) is 0 Å². The number of nitrogens with one attached hydrogen (secondary N) is 1. The van der Waals surface area contributed by atoms with Crippen molar-refractivity contribution < 1.29 is 9.90 Å². The lowest BCUT2D eigenvalue weighted by atomic mass is 10.1. The molecule has 2 heterocycles. The normalized spacial score (nSPS) is 19.6. The van der Waals surface area contributed by atoms with E-state index in [2.05, 4.69) is 24.3 Å². The fraction of sp³-hybridized carbons (Fsp3) is 0.692. The van der Waals surface area contributed by atoms with Gasteiger partial charge in [-0.05, 0) is 37.8 Å². The van der Waals surface area contributed by atoms with Gasteiger partial charge in [0.1, 0.15) is 0 Å². The number of aromatic carboxylic acids is 1. The first-order chi connectivity index (χ1) is 8.58. The average Bonchev–Trinajstić information content (AvgIpc) is 2.64. The van der Waals surface area contributed by atoms with Crippen LogP contribution in [0.5, 0.6) is 0 Å². The zero-order valence-electron chi connectivity index (χ0n) is 11.0. The predicted octanol–water partition coefficient (Wildman–Crippen LogP) is 2.05. The van der Waals surface area contributed by atoms with Gasteiger partial charge < -0.3 is 10.4 Å². The van der Waals surface area contributed by atoms with Gasteiger partial charge in [0.2, 0.25) is 0 Å². The fourth-order valence-electron chi connectivity index (χ4n) is 2.34. The quantitative estimate of drug-likeness (QED) is 0.859. The molecule has 2 N–H and O–H groups in total.